The van der Waals surface area contributed by atoms with Gasteiger partial charge in [-0.2, -0.15) is 0 Å². The molecule has 154 valence electrons. The Morgan fingerprint density at radius 3 is 2.31 bits per heavy atom. The number of nitrogens with zero attached hydrogens (tertiary/aromatic N) is 3. The Bertz CT molecular complexity index is 1020. The first-order valence-electron chi connectivity index (χ1n) is 9.39. The number of halogens is 2. The van der Waals surface area contributed by atoms with Crippen molar-refractivity contribution in [1.82, 2.24) is 9.88 Å². The smallest absolute Gasteiger partial charge is 0.260 e. The number of aromatic nitrogens is 1. The molecule has 1 aromatic heterocycles. The van der Waals surface area contributed by atoms with Gasteiger partial charge in [-0.05, 0) is 43.3 Å². The van der Waals surface area contributed by atoms with Gasteiger partial charge in [0, 0.05) is 24.7 Å². The van der Waals surface area contributed by atoms with Crippen LogP contribution < -0.4 is 4.90 Å². The number of fused-ring (bicyclic) bond motifs is 1. The van der Waals surface area contributed by atoms with Crippen LogP contribution in [0, 0.1) is 11.6 Å². The molecule has 4 nitrogen and oxygen atoms in total. The fourth-order valence-corrected chi connectivity index (χ4v) is 3.94. The SMILES string of the molecule is CN(C)CCN(C(=O)c1ccc(C(C)(C)C)cc1)c1nc2c(F)cc(F)cc2s1. The second-order valence-electron chi connectivity index (χ2n) is 8.32. The summed E-state index contributed by atoms with van der Waals surface area (Å²) in [5.74, 6) is -1.60. The van der Waals surface area contributed by atoms with Crippen molar-refractivity contribution in [2.75, 3.05) is 32.1 Å². The van der Waals surface area contributed by atoms with Gasteiger partial charge in [0.1, 0.15) is 11.3 Å². The zero-order valence-electron chi connectivity index (χ0n) is 17.3. The summed E-state index contributed by atoms with van der Waals surface area (Å²) < 4.78 is 28.1. The number of hydrogen-bond donors (Lipinski definition) is 0. The van der Waals surface area contributed by atoms with E-state index in [-0.39, 0.29) is 16.8 Å². The molecule has 0 aliphatic rings. The Morgan fingerprint density at radius 2 is 1.72 bits per heavy atom. The Labute approximate surface area is 173 Å². The highest BCUT2D eigenvalue weighted by molar-refractivity contribution is 7.22. The second-order valence-corrected chi connectivity index (χ2v) is 9.33. The third-order valence-electron chi connectivity index (χ3n) is 4.65. The van der Waals surface area contributed by atoms with E-state index >= 15 is 0 Å². The van der Waals surface area contributed by atoms with Gasteiger partial charge in [0.05, 0.1) is 4.70 Å². The highest BCUT2D eigenvalue weighted by Crippen LogP contribution is 2.32. The van der Waals surface area contributed by atoms with Gasteiger partial charge in [-0.3, -0.25) is 9.69 Å². The van der Waals surface area contributed by atoms with Crippen LogP contribution in [0.4, 0.5) is 13.9 Å². The predicted octanol–water partition coefficient (Wildman–Crippen LogP) is 5.08. The lowest BCUT2D eigenvalue weighted by atomic mass is 9.86. The monoisotopic (exact) mass is 417 g/mol. The molecule has 3 aromatic rings. The summed E-state index contributed by atoms with van der Waals surface area (Å²) >= 11 is 1.11. The lowest BCUT2D eigenvalue weighted by Gasteiger charge is -2.23. The largest absolute Gasteiger partial charge is 0.308 e. The van der Waals surface area contributed by atoms with Gasteiger partial charge in [-0.15, -0.1) is 0 Å². The molecular weight excluding hydrogens is 392 g/mol. The third-order valence-corrected chi connectivity index (χ3v) is 5.67. The summed E-state index contributed by atoms with van der Waals surface area (Å²) in [5.41, 5.74) is 1.73. The average molecular weight is 418 g/mol. The molecule has 0 spiro atoms. The number of thiazole rings is 1. The van der Waals surface area contributed by atoms with Gasteiger partial charge < -0.3 is 4.90 Å². The van der Waals surface area contributed by atoms with Gasteiger partial charge in [0.2, 0.25) is 0 Å². The zero-order chi connectivity index (χ0) is 21.3. The van der Waals surface area contributed by atoms with Crippen LogP contribution in [0.2, 0.25) is 0 Å². The van der Waals surface area contributed by atoms with Gasteiger partial charge >= 0.3 is 0 Å². The first-order valence-corrected chi connectivity index (χ1v) is 10.2. The van der Waals surface area contributed by atoms with Crippen LogP contribution in [0.1, 0.15) is 36.7 Å². The fourth-order valence-electron chi connectivity index (χ4n) is 2.91. The fraction of sp³-hybridized carbons (Fsp3) is 0.364. The predicted molar refractivity (Wildman–Crippen MR) is 115 cm³/mol. The van der Waals surface area contributed by atoms with Crippen molar-refractivity contribution in [3.63, 3.8) is 0 Å². The molecular formula is C22H25F2N3OS. The topological polar surface area (TPSA) is 36.4 Å². The normalized spacial score (nSPS) is 12.0. The minimum Gasteiger partial charge on any atom is -0.308 e. The van der Waals surface area contributed by atoms with Crippen LogP contribution in [0.5, 0.6) is 0 Å². The molecule has 0 unspecified atom stereocenters. The maximum atomic E-state index is 14.1. The average Bonchev–Trinajstić information content (AvgIpc) is 3.05. The van der Waals surface area contributed by atoms with E-state index < -0.39 is 11.6 Å². The Hall–Kier alpha value is -2.38. The number of carbonyl (C=O) groups is 1. The molecule has 0 fully saturated rings. The Balaban J connectivity index is 1.98. The number of anilines is 1. The minimum atomic E-state index is -0.725. The van der Waals surface area contributed by atoms with E-state index in [9.17, 15) is 13.6 Å². The molecule has 1 heterocycles. The number of carbonyl (C=O) groups excluding carboxylic acids is 1. The van der Waals surface area contributed by atoms with Gasteiger partial charge in [-0.1, -0.05) is 44.2 Å². The molecule has 0 aliphatic heterocycles. The van der Waals surface area contributed by atoms with E-state index in [0.29, 0.717) is 28.5 Å². The van der Waals surface area contributed by atoms with Crippen LogP contribution in [0.25, 0.3) is 10.2 Å². The van der Waals surface area contributed by atoms with Gasteiger partial charge in [-0.25, -0.2) is 13.8 Å². The number of benzene rings is 2. The maximum Gasteiger partial charge on any atom is 0.260 e. The molecule has 0 radical (unpaired) electrons. The van der Waals surface area contributed by atoms with Crippen molar-refractivity contribution in [1.29, 1.82) is 0 Å². The molecule has 3 rings (SSSR count). The van der Waals surface area contributed by atoms with E-state index in [1.54, 1.807) is 12.1 Å². The van der Waals surface area contributed by atoms with Crippen molar-refractivity contribution in [2.45, 2.75) is 26.2 Å². The van der Waals surface area contributed by atoms with Gasteiger partial charge in [0.15, 0.2) is 10.9 Å². The van der Waals surface area contributed by atoms with E-state index in [1.165, 1.54) is 11.0 Å². The van der Waals surface area contributed by atoms with Crippen molar-refractivity contribution >= 4 is 32.6 Å². The Kier molecular flexibility index (Phi) is 6.00. The van der Waals surface area contributed by atoms with E-state index in [4.69, 9.17) is 0 Å². The molecule has 0 aliphatic carbocycles. The summed E-state index contributed by atoms with van der Waals surface area (Å²) in [7, 11) is 3.82. The van der Waals surface area contributed by atoms with E-state index in [1.807, 2.05) is 31.1 Å². The van der Waals surface area contributed by atoms with Crippen LogP contribution >= 0.6 is 11.3 Å². The molecule has 7 heteroatoms. The summed E-state index contributed by atoms with van der Waals surface area (Å²) in [6, 6.07) is 9.56. The highest BCUT2D eigenvalue weighted by Gasteiger charge is 2.23. The molecule has 0 bridgehead atoms. The van der Waals surface area contributed by atoms with Crippen molar-refractivity contribution in [2.24, 2.45) is 0 Å². The van der Waals surface area contributed by atoms with E-state index in [2.05, 4.69) is 25.8 Å². The quantitative estimate of drug-likeness (QED) is 0.581. The van der Waals surface area contributed by atoms with Crippen LogP contribution in [-0.4, -0.2) is 43.0 Å². The maximum absolute atomic E-state index is 14.1. The highest BCUT2D eigenvalue weighted by atomic mass is 32.1. The molecule has 1 amide bonds. The molecule has 2 aromatic carbocycles. The number of amides is 1. The number of likely N-dealkylation sites (N-methyl/N-ethyl adjacent to an activating group) is 1. The summed E-state index contributed by atoms with van der Waals surface area (Å²) in [6.07, 6.45) is 0. The van der Waals surface area contributed by atoms with Crippen molar-refractivity contribution in [3.05, 3.63) is 59.2 Å². The molecule has 0 atom stereocenters. The summed E-state index contributed by atoms with van der Waals surface area (Å²) in [4.78, 5) is 21.0. The van der Waals surface area contributed by atoms with Crippen LogP contribution in [0.15, 0.2) is 36.4 Å². The lowest BCUT2D eigenvalue weighted by molar-refractivity contribution is 0.0985. The van der Waals surface area contributed by atoms with Crippen molar-refractivity contribution in [3.8, 4) is 0 Å². The molecule has 29 heavy (non-hydrogen) atoms. The van der Waals surface area contributed by atoms with Crippen LogP contribution in [0.3, 0.4) is 0 Å². The first kappa shape index (κ1) is 21.3. The van der Waals surface area contributed by atoms with E-state index in [0.717, 1.165) is 23.0 Å². The second kappa shape index (κ2) is 8.16. The molecule has 0 N–H and O–H groups in total. The number of rotatable bonds is 5. The number of hydrogen-bond acceptors (Lipinski definition) is 4. The standard InChI is InChI=1S/C22H25F2N3OS/c1-22(2,3)15-8-6-14(7-9-15)20(28)27(11-10-26(4)5)21-25-19-17(24)12-16(23)13-18(19)29-21/h6-9,12-13H,10-11H2,1-5H3. The Morgan fingerprint density at radius 1 is 1.07 bits per heavy atom. The third kappa shape index (κ3) is 4.79. The summed E-state index contributed by atoms with van der Waals surface area (Å²) in [5, 5.41) is 0.358. The van der Waals surface area contributed by atoms with Crippen molar-refractivity contribution < 1.29 is 13.6 Å². The first-order chi connectivity index (χ1) is 13.6. The minimum absolute atomic E-state index is 0.0131. The zero-order valence-corrected chi connectivity index (χ0v) is 18.1. The summed E-state index contributed by atoms with van der Waals surface area (Å²) in [6.45, 7) is 7.33. The molecule has 0 saturated heterocycles. The molecule has 0 saturated carbocycles. The lowest BCUT2D eigenvalue weighted by Crippen LogP contribution is -2.36. The van der Waals surface area contributed by atoms with Gasteiger partial charge in [0.25, 0.3) is 5.91 Å². The van der Waals surface area contributed by atoms with Crippen LogP contribution in [-0.2, 0) is 5.41 Å².